The molecule has 0 bridgehead atoms. The van der Waals surface area contributed by atoms with Crippen molar-refractivity contribution < 1.29 is 4.74 Å². The Hall–Kier alpha value is -0.990. The number of nitrogens with two attached hydrogens (primary N) is 1. The van der Waals surface area contributed by atoms with Crippen LogP contribution in [0.4, 0.5) is 0 Å². The largest absolute Gasteiger partial charge is 0.480 e. The van der Waals surface area contributed by atoms with Gasteiger partial charge in [-0.05, 0) is 6.92 Å². The molecule has 8 heavy (non-hydrogen) atoms. The Morgan fingerprint density at radius 3 is 2.50 bits per heavy atom. The van der Waals surface area contributed by atoms with Crippen molar-refractivity contribution in [3.8, 4) is 0 Å². The van der Waals surface area contributed by atoms with Crippen LogP contribution < -0.4 is 5.73 Å². The quantitative estimate of drug-likeness (QED) is 0.419. The van der Waals surface area contributed by atoms with Gasteiger partial charge in [-0.15, -0.1) is 0 Å². The summed E-state index contributed by atoms with van der Waals surface area (Å²) in [6, 6.07) is 0. The van der Waals surface area contributed by atoms with Gasteiger partial charge in [0.25, 0.3) is 0 Å². The summed E-state index contributed by atoms with van der Waals surface area (Å²) in [5, 5.41) is 0. The highest BCUT2D eigenvalue weighted by atomic mass is 16.5. The van der Waals surface area contributed by atoms with Crippen molar-refractivity contribution in [1.82, 2.24) is 0 Å². The van der Waals surface area contributed by atoms with Crippen molar-refractivity contribution in [2.45, 2.75) is 6.92 Å². The molecule has 0 aliphatic carbocycles. The maximum atomic E-state index is 5.07. The van der Waals surface area contributed by atoms with Crippen LogP contribution in [0.15, 0.2) is 17.1 Å². The molecule has 0 spiro atoms. The minimum Gasteiger partial charge on any atom is -0.480 e. The van der Waals surface area contributed by atoms with E-state index >= 15 is 0 Å². The van der Waals surface area contributed by atoms with Gasteiger partial charge in [-0.3, -0.25) is 0 Å². The molecule has 0 atom stereocenters. The predicted octanol–water partition coefficient (Wildman–Crippen LogP) is 0.481. The third-order valence-electron chi connectivity index (χ3n) is 0.608. The SMILES string of the molecule is CC=N/C(=C\N)OC. The van der Waals surface area contributed by atoms with Gasteiger partial charge < -0.3 is 10.5 Å². The highest BCUT2D eigenvalue weighted by Crippen LogP contribution is 1.90. The minimum absolute atomic E-state index is 0.438. The zero-order valence-electron chi connectivity index (χ0n) is 5.09. The molecule has 3 heteroatoms. The Balaban J connectivity index is 3.72. The minimum atomic E-state index is 0.438. The second kappa shape index (κ2) is 4.18. The van der Waals surface area contributed by atoms with E-state index in [2.05, 4.69) is 9.73 Å². The first kappa shape index (κ1) is 7.01. The highest BCUT2D eigenvalue weighted by Gasteiger charge is 1.81. The van der Waals surface area contributed by atoms with Crippen LogP contribution in [0.25, 0.3) is 0 Å². The van der Waals surface area contributed by atoms with Gasteiger partial charge in [-0.1, -0.05) is 0 Å². The summed E-state index contributed by atoms with van der Waals surface area (Å²) < 4.78 is 4.68. The molecule has 0 aromatic rings. The third kappa shape index (κ3) is 2.23. The van der Waals surface area contributed by atoms with Gasteiger partial charge in [-0.25, -0.2) is 4.99 Å². The fraction of sp³-hybridized carbons (Fsp3) is 0.400. The smallest absolute Gasteiger partial charge is 0.228 e. The summed E-state index contributed by atoms with van der Waals surface area (Å²) in [6.45, 7) is 1.79. The Kier molecular flexibility index (Phi) is 3.66. The van der Waals surface area contributed by atoms with Gasteiger partial charge >= 0.3 is 0 Å². The Labute approximate surface area is 48.9 Å². The zero-order valence-corrected chi connectivity index (χ0v) is 5.09. The molecular weight excluding hydrogens is 104 g/mol. The standard InChI is InChI=1S/C5H10N2O/c1-3-7-5(4-6)8-2/h3-4H,6H2,1-2H3/b5-4+,7-3?. The van der Waals surface area contributed by atoms with Gasteiger partial charge in [0.05, 0.1) is 13.3 Å². The van der Waals surface area contributed by atoms with E-state index in [9.17, 15) is 0 Å². The first-order valence-electron chi connectivity index (χ1n) is 2.29. The molecule has 0 radical (unpaired) electrons. The van der Waals surface area contributed by atoms with Gasteiger partial charge in [0.2, 0.25) is 5.88 Å². The lowest BCUT2D eigenvalue weighted by atomic mass is 10.8. The van der Waals surface area contributed by atoms with E-state index in [0.717, 1.165) is 0 Å². The van der Waals surface area contributed by atoms with E-state index in [1.54, 1.807) is 13.1 Å². The maximum Gasteiger partial charge on any atom is 0.228 e. The molecule has 0 aliphatic heterocycles. The van der Waals surface area contributed by atoms with Crippen LogP contribution in [0.2, 0.25) is 0 Å². The maximum absolute atomic E-state index is 5.07. The van der Waals surface area contributed by atoms with Gasteiger partial charge in [0, 0.05) is 6.21 Å². The molecule has 0 amide bonds. The molecule has 0 aliphatic rings. The lowest BCUT2D eigenvalue weighted by Crippen LogP contribution is -1.87. The normalized spacial score (nSPS) is 12.5. The summed E-state index contributed by atoms with van der Waals surface area (Å²) >= 11 is 0. The molecule has 0 saturated heterocycles. The molecule has 0 heterocycles. The second-order valence-corrected chi connectivity index (χ2v) is 1.10. The van der Waals surface area contributed by atoms with Crippen molar-refractivity contribution in [2.75, 3.05) is 7.11 Å². The van der Waals surface area contributed by atoms with E-state index in [1.165, 1.54) is 13.3 Å². The van der Waals surface area contributed by atoms with E-state index in [1.807, 2.05) is 0 Å². The fourth-order valence-corrected chi connectivity index (χ4v) is 0.291. The number of aliphatic imine (C=N–C) groups is 1. The van der Waals surface area contributed by atoms with Crippen LogP contribution in [0.3, 0.4) is 0 Å². The summed E-state index contributed by atoms with van der Waals surface area (Å²) in [6.07, 6.45) is 2.92. The molecular formula is C5H10N2O. The van der Waals surface area contributed by atoms with Crippen molar-refractivity contribution in [1.29, 1.82) is 0 Å². The third-order valence-corrected chi connectivity index (χ3v) is 0.608. The number of rotatable bonds is 2. The zero-order chi connectivity index (χ0) is 6.41. The average Bonchev–Trinajstić information content (AvgIpc) is 1.83. The van der Waals surface area contributed by atoms with E-state index < -0.39 is 0 Å². The molecule has 0 unspecified atom stereocenters. The van der Waals surface area contributed by atoms with Crippen LogP contribution in [0.1, 0.15) is 6.92 Å². The van der Waals surface area contributed by atoms with E-state index in [0.29, 0.717) is 5.88 Å². The fourth-order valence-electron chi connectivity index (χ4n) is 0.291. The summed E-state index contributed by atoms with van der Waals surface area (Å²) in [5.41, 5.74) is 5.07. The Bertz CT molecular complexity index is 104. The molecule has 0 aromatic heterocycles. The summed E-state index contributed by atoms with van der Waals surface area (Å²) in [5.74, 6) is 0.438. The first-order valence-corrected chi connectivity index (χ1v) is 2.29. The van der Waals surface area contributed by atoms with Gasteiger partial charge in [-0.2, -0.15) is 0 Å². The summed E-state index contributed by atoms with van der Waals surface area (Å²) in [4.78, 5) is 3.75. The molecule has 3 nitrogen and oxygen atoms in total. The number of hydrogen-bond donors (Lipinski definition) is 1. The molecule has 0 aromatic carbocycles. The van der Waals surface area contributed by atoms with Crippen molar-refractivity contribution in [2.24, 2.45) is 10.7 Å². The van der Waals surface area contributed by atoms with Crippen LogP contribution in [0.5, 0.6) is 0 Å². The Morgan fingerprint density at radius 2 is 2.38 bits per heavy atom. The summed E-state index contributed by atoms with van der Waals surface area (Å²) in [7, 11) is 1.52. The monoisotopic (exact) mass is 114 g/mol. The van der Waals surface area contributed by atoms with Crippen LogP contribution in [0, 0.1) is 0 Å². The van der Waals surface area contributed by atoms with E-state index in [-0.39, 0.29) is 0 Å². The molecule has 46 valence electrons. The number of methoxy groups -OCH3 is 1. The van der Waals surface area contributed by atoms with Crippen LogP contribution in [-0.4, -0.2) is 13.3 Å². The number of ether oxygens (including phenoxy) is 1. The van der Waals surface area contributed by atoms with Gasteiger partial charge in [0.15, 0.2) is 0 Å². The molecule has 0 saturated carbocycles. The average molecular weight is 114 g/mol. The van der Waals surface area contributed by atoms with Crippen molar-refractivity contribution in [3.63, 3.8) is 0 Å². The van der Waals surface area contributed by atoms with Gasteiger partial charge in [0.1, 0.15) is 0 Å². The molecule has 0 fully saturated rings. The van der Waals surface area contributed by atoms with Crippen molar-refractivity contribution >= 4 is 6.21 Å². The van der Waals surface area contributed by atoms with Crippen molar-refractivity contribution in [3.05, 3.63) is 12.1 Å². The number of nitrogens with zero attached hydrogens (tertiary/aromatic N) is 1. The van der Waals surface area contributed by atoms with Crippen LogP contribution in [-0.2, 0) is 4.74 Å². The van der Waals surface area contributed by atoms with E-state index in [4.69, 9.17) is 5.73 Å². The second-order valence-electron chi connectivity index (χ2n) is 1.10. The topological polar surface area (TPSA) is 47.6 Å². The lowest BCUT2D eigenvalue weighted by Gasteiger charge is -1.93. The molecule has 2 N–H and O–H groups in total. The lowest BCUT2D eigenvalue weighted by molar-refractivity contribution is 0.288. The first-order chi connectivity index (χ1) is 3.85. The highest BCUT2D eigenvalue weighted by molar-refractivity contribution is 5.54. The van der Waals surface area contributed by atoms with Crippen LogP contribution >= 0.6 is 0 Å². The predicted molar refractivity (Wildman–Crippen MR) is 33.4 cm³/mol. The molecule has 0 rings (SSSR count). The number of hydrogen-bond acceptors (Lipinski definition) is 3. The Morgan fingerprint density at radius 1 is 1.75 bits per heavy atom.